The summed E-state index contributed by atoms with van der Waals surface area (Å²) in [5.41, 5.74) is 0.713. The zero-order valence-corrected chi connectivity index (χ0v) is 10.2. The van der Waals surface area contributed by atoms with Gasteiger partial charge in [0.2, 0.25) is 0 Å². The molecule has 92 valence electrons. The largest absolute Gasteiger partial charge is 0.285 e. The Balaban J connectivity index is 0.000000574. The third-order valence-corrected chi connectivity index (χ3v) is 2.75. The van der Waals surface area contributed by atoms with Gasteiger partial charge in [0.15, 0.2) is 0 Å². The lowest BCUT2D eigenvalue weighted by Crippen LogP contribution is -2.37. The third-order valence-electron chi connectivity index (χ3n) is 2.75. The average Bonchev–Trinajstić information content (AvgIpc) is 2.44. The van der Waals surface area contributed by atoms with Crippen molar-refractivity contribution in [3.05, 3.63) is 47.5 Å². The fraction of sp³-hybridized carbons (Fsp3) is 0.143. The molecule has 1 aliphatic rings. The predicted octanol–water partition coefficient (Wildman–Crippen LogP) is 2.85. The normalized spacial score (nSPS) is 13.4. The summed E-state index contributed by atoms with van der Waals surface area (Å²) in [5.74, 6) is -1.34. The standard InChI is InChI=1S/C12H7NO3.C2H6/c14-11-8-5-1-3-7-4-2-6-9(10(7)8)12(15)13(11)16;1-2/h1-6,16H;1-2H3. The Morgan fingerprint density at radius 3 is 1.78 bits per heavy atom. The molecule has 2 aromatic rings. The van der Waals surface area contributed by atoms with E-state index in [1.54, 1.807) is 24.3 Å². The SMILES string of the molecule is CC.O=C1c2cccc3cccc(c23)C(=O)N1O. The van der Waals surface area contributed by atoms with Crippen LogP contribution in [0.4, 0.5) is 0 Å². The van der Waals surface area contributed by atoms with E-state index in [9.17, 15) is 14.8 Å². The van der Waals surface area contributed by atoms with Crippen molar-refractivity contribution >= 4 is 22.6 Å². The molecule has 1 aliphatic heterocycles. The van der Waals surface area contributed by atoms with E-state index in [0.717, 1.165) is 5.39 Å². The smallest absolute Gasteiger partial charge is 0.278 e. The highest BCUT2D eigenvalue weighted by molar-refractivity contribution is 6.24. The van der Waals surface area contributed by atoms with Crippen LogP contribution in [-0.4, -0.2) is 22.1 Å². The molecule has 4 heteroatoms. The number of hydrogen-bond acceptors (Lipinski definition) is 3. The van der Waals surface area contributed by atoms with Gasteiger partial charge in [0.25, 0.3) is 11.8 Å². The molecule has 0 spiro atoms. The summed E-state index contributed by atoms with van der Waals surface area (Å²) in [6.07, 6.45) is 0. The van der Waals surface area contributed by atoms with Gasteiger partial charge in [-0.2, -0.15) is 0 Å². The number of hydroxylamine groups is 2. The Morgan fingerprint density at radius 1 is 0.889 bits per heavy atom. The summed E-state index contributed by atoms with van der Waals surface area (Å²) < 4.78 is 0. The van der Waals surface area contributed by atoms with Crippen LogP contribution in [0, 0.1) is 0 Å². The minimum absolute atomic E-state index is 0.164. The third kappa shape index (κ3) is 1.58. The first-order valence-corrected chi connectivity index (χ1v) is 5.79. The van der Waals surface area contributed by atoms with E-state index in [0.29, 0.717) is 16.5 Å². The van der Waals surface area contributed by atoms with Crippen LogP contribution in [0.3, 0.4) is 0 Å². The van der Waals surface area contributed by atoms with Crippen LogP contribution >= 0.6 is 0 Å². The number of hydrogen-bond donors (Lipinski definition) is 1. The number of carbonyl (C=O) groups excluding carboxylic acids is 2. The first-order chi connectivity index (χ1) is 8.70. The van der Waals surface area contributed by atoms with Gasteiger partial charge in [-0.3, -0.25) is 14.8 Å². The van der Waals surface area contributed by atoms with Crippen molar-refractivity contribution in [1.82, 2.24) is 5.06 Å². The number of benzene rings is 2. The van der Waals surface area contributed by atoms with Crippen LogP contribution in [0.15, 0.2) is 36.4 Å². The van der Waals surface area contributed by atoms with Crippen LogP contribution in [0.1, 0.15) is 34.6 Å². The zero-order chi connectivity index (χ0) is 13.3. The second kappa shape index (κ2) is 4.58. The number of imide groups is 1. The van der Waals surface area contributed by atoms with Crippen molar-refractivity contribution < 1.29 is 14.8 Å². The molecule has 18 heavy (non-hydrogen) atoms. The van der Waals surface area contributed by atoms with E-state index in [2.05, 4.69) is 0 Å². The predicted molar refractivity (Wildman–Crippen MR) is 67.6 cm³/mol. The minimum Gasteiger partial charge on any atom is -0.278 e. The fourth-order valence-electron chi connectivity index (χ4n) is 2.02. The topological polar surface area (TPSA) is 57.6 Å². The first kappa shape index (κ1) is 12.3. The monoisotopic (exact) mass is 243 g/mol. The summed E-state index contributed by atoms with van der Waals surface area (Å²) in [6.45, 7) is 4.00. The second-order valence-corrected chi connectivity index (χ2v) is 3.63. The summed E-state index contributed by atoms with van der Waals surface area (Å²) in [4.78, 5) is 23.3. The van der Waals surface area contributed by atoms with Crippen LogP contribution in [0.25, 0.3) is 10.8 Å². The lowest BCUT2D eigenvalue weighted by molar-refractivity contribution is -0.0377. The Kier molecular flexibility index (Phi) is 3.12. The van der Waals surface area contributed by atoms with Crippen LogP contribution in [0.2, 0.25) is 0 Å². The van der Waals surface area contributed by atoms with Crippen LogP contribution in [0.5, 0.6) is 0 Å². The maximum Gasteiger partial charge on any atom is 0.285 e. The van der Waals surface area contributed by atoms with Crippen molar-refractivity contribution in [1.29, 1.82) is 0 Å². The molecule has 0 bridgehead atoms. The van der Waals surface area contributed by atoms with Gasteiger partial charge in [0.05, 0.1) is 11.1 Å². The summed E-state index contributed by atoms with van der Waals surface area (Å²) in [7, 11) is 0. The van der Waals surface area contributed by atoms with Gasteiger partial charge >= 0.3 is 0 Å². The molecule has 0 saturated heterocycles. The van der Waals surface area contributed by atoms with Crippen molar-refractivity contribution in [2.24, 2.45) is 0 Å². The Morgan fingerprint density at radius 2 is 1.33 bits per heavy atom. The van der Waals surface area contributed by atoms with Crippen molar-refractivity contribution in [3.63, 3.8) is 0 Å². The van der Waals surface area contributed by atoms with Crippen molar-refractivity contribution in [2.45, 2.75) is 13.8 Å². The van der Waals surface area contributed by atoms with Crippen molar-refractivity contribution in [2.75, 3.05) is 0 Å². The summed E-state index contributed by atoms with van der Waals surface area (Å²) in [5, 5.41) is 11.0. The number of nitrogens with zero attached hydrogens (tertiary/aromatic N) is 1. The molecular formula is C14H13NO3. The highest BCUT2D eigenvalue weighted by Crippen LogP contribution is 2.28. The number of rotatable bonds is 0. The molecule has 4 nitrogen and oxygen atoms in total. The molecule has 1 N–H and O–H groups in total. The van der Waals surface area contributed by atoms with E-state index < -0.39 is 11.8 Å². The maximum absolute atomic E-state index is 11.7. The lowest BCUT2D eigenvalue weighted by atomic mass is 9.95. The van der Waals surface area contributed by atoms with Gasteiger partial charge < -0.3 is 0 Å². The van der Waals surface area contributed by atoms with E-state index in [4.69, 9.17) is 0 Å². The Bertz CT molecular complexity index is 583. The molecule has 0 saturated carbocycles. The van der Waals surface area contributed by atoms with E-state index >= 15 is 0 Å². The maximum atomic E-state index is 11.7. The molecule has 0 atom stereocenters. The molecule has 0 aromatic heterocycles. The van der Waals surface area contributed by atoms with Gasteiger partial charge in [-0.15, -0.1) is 5.06 Å². The second-order valence-electron chi connectivity index (χ2n) is 3.63. The van der Waals surface area contributed by atoms with Gasteiger partial charge in [-0.05, 0) is 17.5 Å². The number of amides is 2. The molecule has 0 aliphatic carbocycles. The summed E-state index contributed by atoms with van der Waals surface area (Å²) >= 11 is 0. The van der Waals surface area contributed by atoms with Crippen LogP contribution in [-0.2, 0) is 0 Å². The van der Waals surface area contributed by atoms with Gasteiger partial charge in [0, 0.05) is 5.39 Å². The van der Waals surface area contributed by atoms with E-state index in [1.165, 1.54) is 0 Å². The summed E-state index contributed by atoms with van der Waals surface area (Å²) in [6, 6.07) is 10.3. The molecule has 0 fully saturated rings. The molecule has 2 amide bonds. The number of carbonyl (C=O) groups is 2. The molecular weight excluding hydrogens is 230 g/mol. The zero-order valence-electron chi connectivity index (χ0n) is 10.2. The first-order valence-electron chi connectivity index (χ1n) is 5.79. The molecule has 0 radical (unpaired) electrons. The molecule has 2 aromatic carbocycles. The highest BCUT2D eigenvalue weighted by Gasteiger charge is 2.31. The molecule has 1 heterocycles. The molecule has 0 unspecified atom stereocenters. The quantitative estimate of drug-likeness (QED) is 0.571. The van der Waals surface area contributed by atoms with Gasteiger partial charge in [-0.25, -0.2) is 0 Å². The van der Waals surface area contributed by atoms with E-state index in [-0.39, 0.29) is 5.06 Å². The minimum atomic E-state index is -0.672. The average molecular weight is 243 g/mol. The van der Waals surface area contributed by atoms with Gasteiger partial charge in [-0.1, -0.05) is 38.1 Å². The lowest BCUT2D eigenvalue weighted by Gasteiger charge is -2.21. The Hall–Kier alpha value is -2.20. The molecule has 3 rings (SSSR count). The van der Waals surface area contributed by atoms with E-state index in [1.807, 2.05) is 26.0 Å². The fourth-order valence-corrected chi connectivity index (χ4v) is 2.02. The highest BCUT2D eigenvalue weighted by atomic mass is 16.5. The van der Waals surface area contributed by atoms with Gasteiger partial charge in [0.1, 0.15) is 0 Å². The van der Waals surface area contributed by atoms with Crippen molar-refractivity contribution in [3.8, 4) is 0 Å². The van der Waals surface area contributed by atoms with Crippen LogP contribution < -0.4 is 0 Å². The Labute approximate surface area is 104 Å².